The molecule has 2 rings (SSSR count). The molecule has 0 aliphatic heterocycles. The molecule has 2 aromatic carbocycles. The number of rotatable bonds is 4. The molecule has 1 N–H and O–H groups in total. The summed E-state index contributed by atoms with van der Waals surface area (Å²) < 4.78 is 12.9. The molecule has 0 unspecified atom stereocenters. The van der Waals surface area contributed by atoms with Crippen LogP contribution < -0.4 is 5.32 Å². The van der Waals surface area contributed by atoms with Crippen LogP contribution in [0.25, 0.3) is 0 Å². The summed E-state index contributed by atoms with van der Waals surface area (Å²) in [6.07, 6.45) is 0. The molecule has 4 nitrogen and oxygen atoms in total. The number of hydrogen-bond donors (Lipinski definition) is 1. The summed E-state index contributed by atoms with van der Waals surface area (Å²) in [5, 5.41) is 14.0. The number of nitro benzene ring substituents is 1. The SMILES string of the molecule is O=[N+]([O-])c1ccc(NCc2ccc(F)cc2Cl)cc1Cl. The van der Waals surface area contributed by atoms with E-state index in [1.807, 2.05) is 0 Å². The van der Waals surface area contributed by atoms with E-state index in [1.54, 1.807) is 12.1 Å². The van der Waals surface area contributed by atoms with Crippen molar-refractivity contribution >= 4 is 34.6 Å². The molecule has 0 bridgehead atoms. The first kappa shape index (κ1) is 14.6. The summed E-state index contributed by atoms with van der Waals surface area (Å²) in [5.74, 6) is -0.405. The fraction of sp³-hybridized carbons (Fsp3) is 0.0769. The van der Waals surface area contributed by atoms with E-state index in [9.17, 15) is 14.5 Å². The average Bonchev–Trinajstić information content (AvgIpc) is 2.37. The maximum Gasteiger partial charge on any atom is 0.288 e. The lowest BCUT2D eigenvalue weighted by Gasteiger charge is -2.08. The Kier molecular flexibility index (Phi) is 4.42. The van der Waals surface area contributed by atoms with Crippen LogP contribution in [0.1, 0.15) is 5.56 Å². The Labute approximate surface area is 124 Å². The van der Waals surface area contributed by atoms with Gasteiger partial charge in [0, 0.05) is 23.3 Å². The molecule has 0 aliphatic carbocycles. The molecule has 0 heterocycles. The topological polar surface area (TPSA) is 55.2 Å². The zero-order valence-electron chi connectivity index (χ0n) is 10.1. The van der Waals surface area contributed by atoms with Crippen molar-refractivity contribution in [3.63, 3.8) is 0 Å². The number of hydrogen-bond acceptors (Lipinski definition) is 3. The lowest BCUT2D eigenvalue weighted by atomic mass is 10.2. The predicted molar refractivity (Wildman–Crippen MR) is 76.8 cm³/mol. The van der Waals surface area contributed by atoms with Gasteiger partial charge >= 0.3 is 0 Å². The summed E-state index contributed by atoms with van der Waals surface area (Å²) >= 11 is 11.7. The van der Waals surface area contributed by atoms with E-state index in [1.165, 1.54) is 24.3 Å². The minimum atomic E-state index is -0.553. The second-order valence-electron chi connectivity index (χ2n) is 4.01. The Hall–Kier alpha value is -1.85. The zero-order chi connectivity index (χ0) is 14.7. The highest BCUT2D eigenvalue weighted by Crippen LogP contribution is 2.27. The molecule has 2 aromatic rings. The van der Waals surface area contributed by atoms with Crippen LogP contribution in [0.4, 0.5) is 15.8 Å². The summed E-state index contributed by atoms with van der Waals surface area (Å²) in [7, 11) is 0. The van der Waals surface area contributed by atoms with E-state index in [-0.39, 0.29) is 10.7 Å². The quantitative estimate of drug-likeness (QED) is 0.660. The highest BCUT2D eigenvalue weighted by atomic mass is 35.5. The fourth-order valence-electron chi connectivity index (χ4n) is 1.63. The van der Waals surface area contributed by atoms with Crippen molar-refractivity contribution in [2.45, 2.75) is 6.54 Å². The molecule has 20 heavy (non-hydrogen) atoms. The molecule has 104 valence electrons. The summed E-state index contributed by atoms with van der Waals surface area (Å²) in [4.78, 5) is 10.1. The predicted octanol–water partition coefficient (Wildman–Crippen LogP) is 4.65. The Morgan fingerprint density at radius 3 is 2.50 bits per heavy atom. The average molecular weight is 315 g/mol. The number of nitrogens with zero attached hydrogens (tertiary/aromatic N) is 1. The van der Waals surface area contributed by atoms with Gasteiger partial charge in [0.15, 0.2) is 0 Å². The van der Waals surface area contributed by atoms with Crippen LogP contribution in [-0.4, -0.2) is 4.92 Å². The fourth-order valence-corrected chi connectivity index (χ4v) is 2.11. The van der Waals surface area contributed by atoms with Gasteiger partial charge in [0.05, 0.1) is 4.92 Å². The molecular weight excluding hydrogens is 306 g/mol. The normalized spacial score (nSPS) is 10.3. The number of nitrogens with one attached hydrogen (secondary N) is 1. The first-order chi connectivity index (χ1) is 9.47. The van der Waals surface area contributed by atoms with Crippen molar-refractivity contribution in [2.24, 2.45) is 0 Å². The first-order valence-corrected chi connectivity index (χ1v) is 6.34. The van der Waals surface area contributed by atoms with E-state index in [0.29, 0.717) is 22.8 Å². The van der Waals surface area contributed by atoms with Crippen molar-refractivity contribution in [3.8, 4) is 0 Å². The Balaban J connectivity index is 2.11. The van der Waals surface area contributed by atoms with Crippen LogP contribution in [0.3, 0.4) is 0 Å². The van der Waals surface area contributed by atoms with Crippen LogP contribution in [0, 0.1) is 15.9 Å². The number of nitro groups is 1. The van der Waals surface area contributed by atoms with Crippen molar-refractivity contribution in [1.29, 1.82) is 0 Å². The maximum absolute atomic E-state index is 12.9. The van der Waals surface area contributed by atoms with Crippen molar-refractivity contribution in [2.75, 3.05) is 5.32 Å². The van der Waals surface area contributed by atoms with Crippen LogP contribution in [0.15, 0.2) is 36.4 Å². The van der Waals surface area contributed by atoms with Crippen LogP contribution in [0.2, 0.25) is 10.0 Å². The van der Waals surface area contributed by atoms with Gasteiger partial charge in [-0.05, 0) is 29.8 Å². The molecule has 0 saturated heterocycles. The van der Waals surface area contributed by atoms with Gasteiger partial charge in [-0.3, -0.25) is 10.1 Å². The highest BCUT2D eigenvalue weighted by molar-refractivity contribution is 6.33. The van der Waals surface area contributed by atoms with Gasteiger partial charge in [-0.25, -0.2) is 4.39 Å². The third-order valence-corrected chi connectivity index (χ3v) is 3.30. The summed E-state index contributed by atoms with van der Waals surface area (Å²) in [6.45, 7) is 0.354. The number of halogens is 3. The molecule has 7 heteroatoms. The van der Waals surface area contributed by atoms with Gasteiger partial charge in [0.1, 0.15) is 10.8 Å². The number of anilines is 1. The monoisotopic (exact) mass is 314 g/mol. The van der Waals surface area contributed by atoms with E-state index in [4.69, 9.17) is 23.2 Å². The lowest BCUT2D eigenvalue weighted by Crippen LogP contribution is -2.01. The lowest BCUT2D eigenvalue weighted by molar-refractivity contribution is -0.384. The summed E-state index contributed by atoms with van der Waals surface area (Å²) in [5.41, 5.74) is 1.17. The van der Waals surface area contributed by atoms with E-state index in [2.05, 4.69) is 5.32 Å². The van der Waals surface area contributed by atoms with Gasteiger partial charge in [-0.1, -0.05) is 29.3 Å². The van der Waals surface area contributed by atoms with Gasteiger partial charge in [-0.15, -0.1) is 0 Å². The second-order valence-corrected chi connectivity index (χ2v) is 4.83. The van der Waals surface area contributed by atoms with Crippen LogP contribution in [0.5, 0.6) is 0 Å². The molecule has 0 saturated carbocycles. The van der Waals surface area contributed by atoms with Crippen molar-refractivity contribution < 1.29 is 9.31 Å². The highest BCUT2D eigenvalue weighted by Gasteiger charge is 2.12. The molecule has 0 spiro atoms. The first-order valence-electron chi connectivity index (χ1n) is 5.59. The maximum atomic E-state index is 12.9. The third kappa shape index (κ3) is 3.37. The molecule has 0 aliphatic rings. The zero-order valence-corrected chi connectivity index (χ0v) is 11.6. The standard InChI is InChI=1S/C13H9Cl2FN2O2/c14-11-5-9(16)2-1-8(11)7-17-10-3-4-13(18(19)20)12(15)6-10/h1-6,17H,7H2. The van der Waals surface area contributed by atoms with E-state index in [0.717, 1.165) is 0 Å². The van der Waals surface area contributed by atoms with Gasteiger partial charge in [0.2, 0.25) is 0 Å². The van der Waals surface area contributed by atoms with Gasteiger partial charge < -0.3 is 5.32 Å². The van der Waals surface area contributed by atoms with E-state index < -0.39 is 10.7 Å². The van der Waals surface area contributed by atoms with Crippen LogP contribution >= 0.6 is 23.2 Å². The number of benzene rings is 2. The molecule has 0 amide bonds. The van der Waals surface area contributed by atoms with Gasteiger partial charge in [-0.2, -0.15) is 0 Å². The Morgan fingerprint density at radius 1 is 1.15 bits per heavy atom. The second kappa shape index (κ2) is 6.07. The molecule has 0 radical (unpaired) electrons. The van der Waals surface area contributed by atoms with Crippen molar-refractivity contribution in [1.82, 2.24) is 0 Å². The minimum Gasteiger partial charge on any atom is -0.381 e. The van der Waals surface area contributed by atoms with E-state index >= 15 is 0 Å². The van der Waals surface area contributed by atoms with Crippen molar-refractivity contribution in [3.05, 3.63) is 67.9 Å². The minimum absolute atomic E-state index is 0.0465. The third-order valence-electron chi connectivity index (χ3n) is 2.64. The molecule has 0 atom stereocenters. The Morgan fingerprint density at radius 2 is 1.90 bits per heavy atom. The van der Waals surface area contributed by atoms with Gasteiger partial charge in [0.25, 0.3) is 5.69 Å². The van der Waals surface area contributed by atoms with Crippen LogP contribution in [-0.2, 0) is 6.54 Å². The molecule has 0 fully saturated rings. The largest absolute Gasteiger partial charge is 0.381 e. The Bertz CT molecular complexity index is 665. The molecular formula is C13H9Cl2FN2O2. The smallest absolute Gasteiger partial charge is 0.288 e. The summed E-state index contributed by atoms with van der Waals surface area (Å²) in [6, 6.07) is 8.42. The molecule has 0 aromatic heterocycles.